The molecule has 4 nitrogen and oxygen atoms in total. The molecule has 0 amide bonds. The Kier molecular flexibility index (Phi) is 8.55. The minimum absolute atomic E-state index is 0.580. The van der Waals surface area contributed by atoms with Gasteiger partial charge in [-0.2, -0.15) is 9.98 Å². The van der Waals surface area contributed by atoms with E-state index in [4.69, 9.17) is 0 Å². The van der Waals surface area contributed by atoms with Crippen LogP contribution in [0.5, 0.6) is 0 Å². The van der Waals surface area contributed by atoms with Gasteiger partial charge in [-0.05, 0) is 18.8 Å². The molecule has 0 saturated carbocycles. The SMILES string of the molecule is CCCCC(C)CCC(N=C=O)N=C=O. The van der Waals surface area contributed by atoms with Crippen molar-refractivity contribution < 1.29 is 9.59 Å². The molecule has 0 aliphatic heterocycles. The van der Waals surface area contributed by atoms with Crippen molar-refractivity contribution in [2.24, 2.45) is 15.9 Å². The smallest absolute Gasteiger partial charge is 0.211 e. The van der Waals surface area contributed by atoms with Gasteiger partial charge in [0.15, 0.2) is 6.17 Å². The zero-order valence-corrected chi connectivity index (χ0v) is 9.40. The summed E-state index contributed by atoms with van der Waals surface area (Å²) in [6.45, 7) is 4.31. The number of hydrogen-bond donors (Lipinski definition) is 0. The molecular weight excluding hydrogens is 192 g/mol. The molecule has 0 spiro atoms. The largest absolute Gasteiger partial charge is 0.237 e. The molecule has 0 N–H and O–H groups in total. The zero-order valence-electron chi connectivity index (χ0n) is 9.40. The number of nitrogens with zero attached hydrogens (tertiary/aromatic N) is 2. The maximum atomic E-state index is 10.0. The summed E-state index contributed by atoms with van der Waals surface area (Å²) < 4.78 is 0. The Hall–Kier alpha value is -1.24. The van der Waals surface area contributed by atoms with Crippen LogP contribution in [0.3, 0.4) is 0 Å². The zero-order chi connectivity index (χ0) is 11.5. The average Bonchev–Trinajstić information content (AvgIpc) is 2.23. The van der Waals surface area contributed by atoms with E-state index in [1.165, 1.54) is 31.4 Å². The molecule has 0 saturated heterocycles. The van der Waals surface area contributed by atoms with Gasteiger partial charge in [-0.3, -0.25) is 0 Å². The van der Waals surface area contributed by atoms with Crippen LogP contribution in [0.2, 0.25) is 0 Å². The molecule has 4 heteroatoms. The molecule has 0 rings (SSSR count). The summed E-state index contributed by atoms with van der Waals surface area (Å²) in [6, 6.07) is 0. The molecule has 0 aliphatic carbocycles. The fourth-order valence-corrected chi connectivity index (χ4v) is 1.41. The molecule has 1 unspecified atom stereocenters. The van der Waals surface area contributed by atoms with E-state index in [2.05, 4.69) is 23.8 Å². The van der Waals surface area contributed by atoms with E-state index in [-0.39, 0.29) is 0 Å². The van der Waals surface area contributed by atoms with Crippen LogP contribution in [-0.2, 0) is 9.59 Å². The first-order valence-electron chi connectivity index (χ1n) is 5.38. The lowest BCUT2D eigenvalue weighted by Crippen LogP contribution is -2.04. The highest BCUT2D eigenvalue weighted by Gasteiger charge is 2.08. The van der Waals surface area contributed by atoms with Crippen LogP contribution < -0.4 is 0 Å². The van der Waals surface area contributed by atoms with Crippen LogP contribution in [0.1, 0.15) is 46.0 Å². The van der Waals surface area contributed by atoms with Gasteiger partial charge < -0.3 is 0 Å². The molecule has 0 heterocycles. The second-order valence-corrected chi connectivity index (χ2v) is 3.75. The average molecular weight is 210 g/mol. The van der Waals surface area contributed by atoms with Crippen molar-refractivity contribution in [1.29, 1.82) is 0 Å². The number of carbonyl (C=O) groups excluding carboxylic acids is 2. The van der Waals surface area contributed by atoms with Gasteiger partial charge in [0.2, 0.25) is 12.2 Å². The van der Waals surface area contributed by atoms with Gasteiger partial charge >= 0.3 is 0 Å². The first kappa shape index (κ1) is 13.8. The molecule has 0 bridgehead atoms. The highest BCUT2D eigenvalue weighted by atomic mass is 16.1. The van der Waals surface area contributed by atoms with Gasteiger partial charge in [0.05, 0.1) is 0 Å². The lowest BCUT2D eigenvalue weighted by Gasteiger charge is -2.10. The minimum atomic E-state index is -0.580. The van der Waals surface area contributed by atoms with Crippen LogP contribution in [-0.4, -0.2) is 18.3 Å². The molecule has 1 atom stereocenters. The second kappa shape index (κ2) is 9.32. The molecule has 0 radical (unpaired) electrons. The predicted molar refractivity (Wildman–Crippen MR) is 58.0 cm³/mol. The monoisotopic (exact) mass is 210 g/mol. The third-order valence-electron chi connectivity index (χ3n) is 2.37. The number of rotatable bonds is 8. The Bertz CT molecular complexity index is 235. The van der Waals surface area contributed by atoms with E-state index in [9.17, 15) is 9.59 Å². The van der Waals surface area contributed by atoms with Crippen molar-refractivity contribution in [1.82, 2.24) is 0 Å². The number of hydrogen-bond acceptors (Lipinski definition) is 4. The summed E-state index contributed by atoms with van der Waals surface area (Å²) in [5.74, 6) is 0.580. The number of unbranched alkanes of at least 4 members (excludes halogenated alkanes) is 1. The molecule has 0 fully saturated rings. The Morgan fingerprint density at radius 3 is 2.13 bits per heavy atom. The van der Waals surface area contributed by atoms with Crippen molar-refractivity contribution in [3.63, 3.8) is 0 Å². The van der Waals surface area contributed by atoms with Crippen molar-refractivity contribution in [2.75, 3.05) is 0 Å². The highest BCUT2D eigenvalue weighted by molar-refractivity contribution is 5.36. The summed E-state index contributed by atoms with van der Waals surface area (Å²) in [5, 5.41) is 0. The third-order valence-corrected chi connectivity index (χ3v) is 2.37. The quantitative estimate of drug-likeness (QED) is 0.456. The lowest BCUT2D eigenvalue weighted by molar-refractivity contribution is 0.432. The van der Waals surface area contributed by atoms with Gasteiger partial charge in [-0.15, -0.1) is 0 Å². The van der Waals surface area contributed by atoms with Crippen molar-refractivity contribution in [2.45, 2.75) is 52.1 Å². The molecule has 0 aliphatic rings. The standard InChI is InChI=1S/C11H18N2O2/c1-3-4-5-10(2)6-7-11(12-8-14)13-9-15/h10-11H,3-7H2,1-2H3. The molecule has 15 heavy (non-hydrogen) atoms. The van der Waals surface area contributed by atoms with E-state index in [0.29, 0.717) is 12.3 Å². The Balaban J connectivity index is 3.87. The van der Waals surface area contributed by atoms with E-state index in [0.717, 1.165) is 6.42 Å². The van der Waals surface area contributed by atoms with Crippen LogP contribution in [0.25, 0.3) is 0 Å². The summed E-state index contributed by atoms with van der Waals surface area (Å²) in [7, 11) is 0. The fourth-order valence-electron chi connectivity index (χ4n) is 1.41. The molecule has 0 aromatic rings. The van der Waals surface area contributed by atoms with Gasteiger partial charge in [0.1, 0.15) is 0 Å². The van der Waals surface area contributed by atoms with E-state index in [1.54, 1.807) is 0 Å². The Labute approximate surface area is 90.5 Å². The van der Waals surface area contributed by atoms with Crippen LogP contribution in [0, 0.1) is 5.92 Å². The van der Waals surface area contributed by atoms with Crippen LogP contribution >= 0.6 is 0 Å². The van der Waals surface area contributed by atoms with Gasteiger partial charge in [0.25, 0.3) is 0 Å². The topological polar surface area (TPSA) is 58.9 Å². The fraction of sp³-hybridized carbons (Fsp3) is 0.818. The van der Waals surface area contributed by atoms with Gasteiger partial charge in [-0.1, -0.05) is 33.1 Å². The maximum Gasteiger partial charge on any atom is 0.237 e. The maximum absolute atomic E-state index is 10.0. The first-order valence-corrected chi connectivity index (χ1v) is 5.38. The first-order chi connectivity index (χ1) is 7.24. The highest BCUT2D eigenvalue weighted by Crippen LogP contribution is 2.16. The normalized spacial score (nSPS) is 13.5. The second-order valence-electron chi connectivity index (χ2n) is 3.75. The lowest BCUT2D eigenvalue weighted by atomic mass is 9.98. The van der Waals surface area contributed by atoms with Crippen molar-refractivity contribution in [3.05, 3.63) is 0 Å². The minimum Gasteiger partial charge on any atom is -0.211 e. The summed E-state index contributed by atoms with van der Waals surface area (Å²) in [6.07, 6.45) is 7.36. The van der Waals surface area contributed by atoms with Crippen molar-refractivity contribution in [3.8, 4) is 0 Å². The van der Waals surface area contributed by atoms with Crippen LogP contribution in [0.4, 0.5) is 0 Å². The van der Waals surface area contributed by atoms with E-state index < -0.39 is 6.17 Å². The molecule has 0 aromatic heterocycles. The Morgan fingerprint density at radius 1 is 1.07 bits per heavy atom. The third kappa shape index (κ3) is 7.80. The van der Waals surface area contributed by atoms with Gasteiger partial charge in [-0.25, -0.2) is 9.59 Å². The predicted octanol–water partition coefficient (Wildman–Crippen LogP) is 2.59. The number of aliphatic imine (C=N–C) groups is 2. The summed E-state index contributed by atoms with van der Waals surface area (Å²) in [5.41, 5.74) is 0. The van der Waals surface area contributed by atoms with Gasteiger partial charge in [0, 0.05) is 0 Å². The molecule has 0 aromatic carbocycles. The van der Waals surface area contributed by atoms with E-state index in [1.807, 2.05) is 0 Å². The summed E-state index contributed by atoms with van der Waals surface area (Å²) in [4.78, 5) is 26.9. The van der Waals surface area contributed by atoms with Crippen molar-refractivity contribution >= 4 is 12.2 Å². The Morgan fingerprint density at radius 2 is 1.67 bits per heavy atom. The molecule has 84 valence electrons. The molecular formula is C11H18N2O2. The number of isocyanates is 2. The van der Waals surface area contributed by atoms with E-state index >= 15 is 0 Å². The van der Waals surface area contributed by atoms with Crippen LogP contribution in [0.15, 0.2) is 9.98 Å². The summed E-state index contributed by atoms with van der Waals surface area (Å²) >= 11 is 0.